The lowest BCUT2D eigenvalue weighted by atomic mass is 9.93. The van der Waals surface area contributed by atoms with Crippen LogP contribution in [0.25, 0.3) is 111 Å². The maximum atomic E-state index is 6.22. The summed E-state index contributed by atoms with van der Waals surface area (Å²) >= 11 is 0. The zero-order valence-corrected chi connectivity index (χ0v) is 30.3. The lowest BCUT2D eigenvalue weighted by Gasteiger charge is -2.14. The van der Waals surface area contributed by atoms with Gasteiger partial charge in [0.2, 0.25) is 0 Å². The number of hydrogen-bond donors (Lipinski definition) is 1. The molecule has 11 aromatic rings. The zero-order valence-electron chi connectivity index (χ0n) is 30.3. The highest BCUT2D eigenvalue weighted by Gasteiger charge is 2.16. The van der Waals surface area contributed by atoms with Crippen molar-refractivity contribution in [1.29, 1.82) is 0 Å². The fourth-order valence-corrected chi connectivity index (χ4v) is 7.97. The van der Waals surface area contributed by atoms with Crippen molar-refractivity contribution >= 4 is 43.7 Å². The Kier molecular flexibility index (Phi) is 7.46. The van der Waals surface area contributed by atoms with E-state index in [1.165, 1.54) is 16.3 Å². The van der Waals surface area contributed by atoms with Crippen LogP contribution in [0.5, 0.6) is 0 Å². The first kappa shape index (κ1) is 31.9. The summed E-state index contributed by atoms with van der Waals surface area (Å²) in [5, 5.41) is 4.62. The van der Waals surface area contributed by atoms with Crippen LogP contribution in [0.2, 0.25) is 0 Å². The number of furan rings is 1. The predicted molar refractivity (Wildman–Crippen MR) is 231 cm³/mol. The number of H-pyrrole nitrogens is 1. The van der Waals surface area contributed by atoms with Gasteiger partial charge in [-0.3, -0.25) is 0 Å². The summed E-state index contributed by atoms with van der Waals surface area (Å²) in [6.45, 7) is 0. The quantitative estimate of drug-likeness (QED) is 0.186. The number of benzene rings is 8. The van der Waals surface area contributed by atoms with E-state index in [0.717, 1.165) is 88.9 Å². The van der Waals surface area contributed by atoms with Crippen LogP contribution in [0.3, 0.4) is 0 Å². The molecule has 0 saturated heterocycles. The predicted octanol–water partition coefficient (Wildman–Crippen LogP) is 14.0. The maximum absolute atomic E-state index is 6.22. The first-order valence-corrected chi connectivity index (χ1v) is 18.9. The molecule has 4 nitrogen and oxygen atoms in total. The Morgan fingerprint density at radius 2 is 0.821 bits per heavy atom. The van der Waals surface area contributed by atoms with Gasteiger partial charge >= 0.3 is 0 Å². The molecule has 0 bridgehead atoms. The Hall–Kier alpha value is -7.56. The van der Waals surface area contributed by atoms with Crippen LogP contribution in [0, 0.1) is 0 Å². The summed E-state index contributed by atoms with van der Waals surface area (Å²) in [5.41, 5.74) is 15.5. The fourth-order valence-electron chi connectivity index (χ4n) is 7.97. The van der Waals surface area contributed by atoms with E-state index in [0.29, 0.717) is 5.82 Å². The molecule has 0 aliphatic heterocycles. The lowest BCUT2D eigenvalue weighted by molar-refractivity contribution is 0.669. The van der Waals surface area contributed by atoms with E-state index in [-0.39, 0.29) is 0 Å². The van der Waals surface area contributed by atoms with Crippen LogP contribution in [0.4, 0.5) is 0 Å². The molecule has 4 heteroatoms. The third-order valence-corrected chi connectivity index (χ3v) is 10.8. The minimum atomic E-state index is 0.680. The van der Waals surface area contributed by atoms with Gasteiger partial charge in [0.05, 0.1) is 11.4 Å². The molecule has 0 aliphatic rings. The van der Waals surface area contributed by atoms with Crippen molar-refractivity contribution in [2.45, 2.75) is 0 Å². The molecule has 0 unspecified atom stereocenters. The molecule has 0 radical (unpaired) electrons. The van der Waals surface area contributed by atoms with Crippen LogP contribution in [0.1, 0.15) is 0 Å². The Labute approximate surface area is 323 Å². The number of aromatic amines is 1. The van der Waals surface area contributed by atoms with Crippen molar-refractivity contribution in [2.75, 3.05) is 0 Å². The minimum absolute atomic E-state index is 0.680. The van der Waals surface area contributed by atoms with Gasteiger partial charge in [0.1, 0.15) is 11.2 Å². The number of nitrogens with one attached hydrogen (secondary N) is 1. The molecule has 0 fully saturated rings. The van der Waals surface area contributed by atoms with E-state index in [4.69, 9.17) is 14.4 Å². The van der Waals surface area contributed by atoms with E-state index in [1.54, 1.807) is 0 Å². The molecule has 0 atom stereocenters. The number of hydrogen-bond acceptors (Lipinski definition) is 3. The molecule has 56 heavy (non-hydrogen) atoms. The summed E-state index contributed by atoms with van der Waals surface area (Å²) in [6, 6.07) is 68.2. The molecular weight excluding hydrogens is 683 g/mol. The summed E-state index contributed by atoms with van der Waals surface area (Å²) in [5.74, 6) is 0.680. The van der Waals surface area contributed by atoms with E-state index in [9.17, 15) is 0 Å². The standard InChI is InChI=1S/C52H33N3O/c1-3-11-33(12-4-1)34-19-21-36(22-20-34)52-54-48(35-13-5-2-6-14-35)32-49(55-52)41-28-39(37-23-25-47-44(30-37)42-15-7-9-17-46(42)53-47)27-40(29-41)38-24-26-51-45(31-38)43-16-8-10-18-50(43)56-51/h1-32,53H. The summed E-state index contributed by atoms with van der Waals surface area (Å²) in [6.07, 6.45) is 0. The molecule has 262 valence electrons. The molecule has 11 rings (SSSR count). The number of para-hydroxylation sites is 2. The largest absolute Gasteiger partial charge is 0.456 e. The second-order valence-corrected chi connectivity index (χ2v) is 14.3. The Balaban J connectivity index is 1.11. The highest BCUT2D eigenvalue weighted by Crippen LogP contribution is 2.39. The summed E-state index contributed by atoms with van der Waals surface area (Å²) < 4.78 is 6.22. The van der Waals surface area contributed by atoms with Crippen molar-refractivity contribution < 1.29 is 4.42 Å². The molecule has 8 aromatic carbocycles. The van der Waals surface area contributed by atoms with Crippen molar-refractivity contribution in [3.63, 3.8) is 0 Å². The Morgan fingerprint density at radius 3 is 1.59 bits per heavy atom. The van der Waals surface area contributed by atoms with E-state index >= 15 is 0 Å². The van der Waals surface area contributed by atoms with Gasteiger partial charge in [-0.05, 0) is 94.0 Å². The second-order valence-electron chi connectivity index (χ2n) is 14.3. The van der Waals surface area contributed by atoms with Crippen molar-refractivity contribution in [3.05, 3.63) is 194 Å². The van der Waals surface area contributed by atoms with Crippen molar-refractivity contribution in [3.8, 4) is 67.3 Å². The van der Waals surface area contributed by atoms with Crippen molar-refractivity contribution in [2.24, 2.45) is 0 Å². The van der Waals surface area contributed by atoms with Gasteiger partial charge in [-0.15, -0.1) is 0 Å². The summed E-state index contributed by atoms with van der Waals surface area (Å²) in [7, 11) is 0. The van der Waals surface area contributed by atoms with E-state index in [2.05, 4.69) is 175 Å². The molecule has 0 aliphatic carbocycles. The molecular formula is C52H33N3O. The SMILES string of the molecule is c1ccc(-c2ccc(-c3nc(-c4ccccc4)cc(-c4cc(-c5ccc6[nH]c7ccccc7c6c5)cc(-c5ccc6oc7ccccc7c6c5)c4)n3)cc2)cc1. The van der Waals surface area contributed by atoms with Crippen LogP contribution < -0.4 is 0 Å². The molecule has 3 heterocycles. The molecule has 1 N–H and O–H groups in total. The summed E-state index contributed by atoms with van der Waals surface area (Å²) in [4.78, 5) is 14.0. The maximum Gasteiger partial charge on any atom is 0.160 e. The lowest BCUT2D eigenvalue weighted by Crippen LogP contribution is -1.96. The van der Waals surface area contributed by atoms with Crippen molar-refractivity contribution in [1.82, 2.24) is 15.0 Å². The third kappa shape index (κ3) is 5.64. The van der Waals surface area contributed by atoms with E-state index < -0.39 is 0 Å². The normalized spacial score (nSPS) is 11.6. The van der Waals surface area contributed by atoms with E-state index in [1.807, 2.05) is 24.3 Å². The number of nitrogens with zero attached hydrogens (tertiary/aromatic N) is 2. The molecule has 0 saturated carbocycles. The van der Waals surface area contributed by atoms with Gasteiger partial charge < -0.3 is 9.40 Å². The topological polar surface area (TPSA) is 54.7 Å². The highest BCUT2D eigenvalue weighted by atomic mass is 16.3. The average molecular weight is 716 g/mol. The van der Waals surface area contributed by atoms with Crippen LogP contribution in [0.15, 0.2) is 199 Å². The van der Waals surface area contributed by atoms with Crippen LogP contribution in [-0.4, -0.2) is 15.0 Å². The average Bonchev–Trinajstić information content (AvgIpc) is 3.84. The third-order valence-electron chi connectivity index (χ3n) is 10.8. The smallest absolute Gasteiger partial charge is 0.160 e. The number of rotatable bonds is 6. The van der Waals surface area contributed by atoms with Gasteiger partial charge in [0.25, 0.3) is 0 Å². The monoisotopic (exact) mass is 715 g/mol. The van der Waals surface area contributed by atoms with Gasteiger partial charge in [-0.25, -0.2) is 9.97 Å². The van der Waals surface area contributed by atoms with Gasteiger partial charge in [-0.1, -0.05) is 133 Å². The fraction of sp³-hybridized carbons (Fsp3) is 0. The minimum Gasteiger partial charge on any atom is -0.456 e. The first-order chi connectivity index (χ1) is 27.7. The van der Waals surface area contributed by atoms with Gasteiger partial charge in [0, 0.05) is 49.3 Å². The highest BCUT2D eigenvalue weighted by molar-refractivity contribution is 6.09. The second kappa shape index (κ2) is 13.1. The zero-order chi connectivity index (χ0) is 37.0. The van der Waals surface area contributed by atoms with Crippen LogP contribution in [-0.2, 0) is 0 Å². The molecule has 0 spiro atoms. The Morgan fingerprint density at radius 1 is 0.304 bits per heavy atom. The van der Waals surface area contributed by atoms with Gasteiger partial charge in [-0.2, -0.15) is 0 Å². The van der Waals surface area contributed by atoms with Crippen LogP contribution >= 0.6 is 0 Å². The first-order valence-electron chi connectivity index (χ1n) is 18.9. The molecule has 3 aromatic heterocycles. The molecule has 0 amide bonds. The number of aromatic nitrogens is 3. The number of fused-ring (bicyclic) bond motifs is 6. The van der Waals surface area contributed by atoms with Gasteiger partial charge in [0.15, 0.2) is 5.82 Å². The Bertz CT molecular complexity index is 3100.